The van der Waals surface area contributed by atoms with Gasteiger partial charge >= 0.3 is 5.97 Å². The molecule has 0 unspecified atom stereocenters. The molecule has 0 saturated heterocycles. The topological polar surface area (TPSA) is 35.5 Å². The number of carbonyl (C=O) groups excluding carboxylic acids is 1. The molecule has 0 aliphatic carbocycles. The summed E-state index contributed by atoms with van der Waals surface area (Å²) in [5, 5.41) is 0. The first kappa shape index (κ1) is 9.26. The van der Waals surface area contributed by atoms with E-state index < -0.39 is 0 Å². The fourth-order valence-electron chi connectivity index (χ4n) is 0.835. The number of ether oxygens (including phenoxy) is 2. The van der Waals surface area contributed by atoms with Gasteiger partial charge in [0, 0.05) is 6.08 Å². The van der Waals surface area contributed by atoms with Crippen LogP contribution < -0.4 is 0 Å². The average molecular weight is 170 g/mol. The van der Waals surface area contributed by atoms with Gasteiger partial charge in [0.1, 0.15) is 6.10 Å². The second-order valence-electron chi connectivity index (χ2n) is 3.76. The Morgan fingerprint density at radius 1 is 1.58 bits per heavy atom. The molecule has 0 bridgehead atoms. The molecule has 3 heteroatoms. The second-order valence-corrected chi connectivity index (χ2v) is 3.76. The maximum Gasteiger partial charge on any atom is 0.331 e. The lowest BCUT2D eigenvalue weighted by molar-refractivity contribution is -0.143. The first-order valence-corrected chi connectivity index (χ1v) is 4.00. The Bertz CT molecular complexity index is 200. The van der Waals surface area contributed by atoms with E-state index in [-0.39, 0.29) is 17.7 Å². The van der Waals surface area contributed by atoms with Crippen LogP contribution in [0.25, 0.3) is 0 Å². The lowest BCUT2D eigenvalue weighted by Crippen LogP contribution is -2.25. The van der Waals surface area contributed by atoms with Gasteiger partial charge in [-0.1, -0.05) is 0 Å². The van der Waals surface area contributed by atoms with Crippen LogP contribution in [0, 0.1) is 0 Å². The molecule has 1 heterocycles. The van der Waals surface area contributed by atoms with Crippen LogP contribution in [-0.2, 0) is 14.3 Å². The monoisotopic (exact) mass is 170 g/mol. The first-order chi connectivity index (χ1) is 5.47. The van der Waals surface area contributed by atoms with Crippen molar-refractivity contribution in [3.05, 3.63) is 12.2 Å². The van der Waals surface area contributed by atoms with Crippen molar-refractivity contribution in [3.8, 4) is 0 Å². The van der Waals surface area contributed by atoms with Gasteiger partial charge in [0.05, 0.1) is 12.2 Å². The average Bonchev–Trinajstić information content (AvgIpc) is 2.30. The summed E-state index contributed by atoms with van der Waals surface area (Å²) in [5.74, 6) is -0.280. The number of esters is 1. The van der Waals surface area contributed by atoms with Crippen LogP contribution in [0.2, 0.25) is 0 Å². The molecular weight excluding hydrogens is 156 g/mol. The summed E-state index contributed by atoms with van der Waals surface area (Å²) in [7, 11) is 0. The van der Waals surface area contributed by atoms with Crippen molar-refractivity contribution in [3.63, 3.8) is 0 Å². The number of cyclic esters (lactones) is 1. The number of carbonyl (C=O) groups is 1. The standard InChI is InChI=1S/C9H14O3/c1-9(2,3)11-6-7-4-5-8(10)12-7/h4-5,7H,6H2,1-3H3/t7-/m1/s1. The van der Waals surface area contributed by atoms with Gasteiger partial charge in [-0.25, -0.2) is 4.79 Å². The van der Waals surface area contributed by atoms with Gasteiger partial charge in [0.25, 0.3) is 0 Å². The second kappa shape index (κ2) is 3.27. The Morgan fingerprint density at radius 3 is 2.67 bits per heavy atom. The summed E-state index contributed by atoms with van der Waals surface area (Å²) in [6, 6.07) is 0. The third-order valence-electron chi connectivity index (χ3n) is 1.40. The fourth-order valence-corrected chi connectivity index (χ4v) is 0.835. The van der Waals surface area contributed by atoms with Gasteiger partial charge in [-0.3, -0.25) is 0 Å². The van der Waals surface area contributed by atoms with Crippen molar-refractivity contribution in [1.82, 2.24) is 0 Å². The Labute approximate surface area is 72.4 Å². The van der Waals surface area contributed by atoms with Crippen molar-refractivity contribution < 1.29 is 14.3 Å². The third kappa shape index (κ3) is 3.05. The number of hydrogen-bond donors (Lipinski definition) is 0. The molecule has 12 heavy (non-hydrogen) atoms. The van der Waals surface area contributed by atoms with Crippen molar-refractivity contribution >= 4 is 5.97 Å². The molecule has 3 nitrogen and oxygen atoms in total. The van der Waals surface area contributed by atoms with Gasteiger partial charge < -0.3 is 9.47 Å². The van der Waals surface area contributed by atoms with Crippen LogP contribution in [0.5, 0.6) is 0 Å². The predicted octanol–water partition coefficient (Wildman–Crippen LogP) is 1.28. The minimum absolute atomic E-state index is 0.178. The summed E-state index contributed by atoms with van der Waals surface area (Å²) < 4.78 is 10.3. The van der Waals surface area contributed by atoms with Crippen LogP contribution >= 0.6 is 0 Å². The highest BCUT2D eigenvalue weighted by atomic mass is 16.6. The van der Waals surface area contributed by atoms with Gasteiger partial charge in [-0.15, -0.1) is 0 Å². The Kier molecular flexibility index (Phi) is 2.52. The van der Waals surface area contributed by atoms with E-state index >= 15 is 0 Å². The summed E-state index contributed by atoms with van der Waals surface area (Å²) in [6.45, 7) is 6.33. The zero-order valence-corrected chi connectivity index (χ0v) is 7.66. The van der Waals surface area contributed by atoms with Crippen molar-refractivity contribution in [2.75, 3.05) is 6.61 Å². The normalized spacial score (nSPS) is 22.9. The highest BCUT2D eigenvalue weighted by Gasteiger charge is 2.19. The van der Waals surface area contributed by atoms with Crippen LogP contribution in [0.15, 0.2) is 12.2 Å². The quantitative estimate of drug-likeness (QED) is 0.586. The zero-order valence-electron chi connectivity index (χ0n) is 7.66. The van der Waals surface area contributed by atoms with E-state index in [1.807, 2.05) is 20.8 Å². The summed E-state index contributed by atoms with van der Waals surface area (Å²) in [6.07, 6.45) is 2.95. The maximum atomic E-state index is 10.6. The number of hydrogen-bond acceptors (Lipinski definition) is 3. The van der Waals surface area contributed by atoms with E-state index in [0.29, 0.717) is 6.61 Å². The molecule has 1 rings (SSSR count). The van der Waals surface area contributed by atoms with E-state index in [1.165, 1.54) is 6.08 Å². The molecule has 0 N–H and O–H groups in total. The van der Waals surface area contributed by atoms with Crippen LogP contribution in [-0.4, -0.2) is 24.3 Å². The van der Waals surface area contributed by atoms with E-state index in [2.05, 4.69) is 0 Å². The molecule has 1 aliphatic heterocycles. The van der Waals surface area contributed by atoms with Crippen molar-refractivity contribution in [2.24, 2.45) is 0 Å². The van der Waals surface area contributed by atoms with Gasteiger partial charge in [-0.05, 0) is 26.8 Å². The predicted molar refractivity (Wildman–Crippen MR) is 44.7 cm³/mol. The van der Waals surface area contributed by atoms with Crippen LogP contribution in [0.4, 0.5) is 0 Å². The molecule has 68 valence electrons. The Balaban J connectivity index is 2.26. The molecule has 1 aliphatic rings. The van der Waals surface area contributed by atoms with Crippen molar-refractivity contribution in [1.29, 1.82) is 0 Å². The Hall–Kier alpha value is -0.830. The van der Waals surface area contributed by atoms with E-state index in [0.717, 1.165) is 0 Å². The highest BCUT2D eigenvalue weighted by Crippen LogP contribution is 2.11. The molecule has 1 atom stereocenters. The molecule has 0 aromatic carbocycles. The van der Waals surface area contributed by atoms with Gasteiger partial charge in [0.2, 0.25) is 0 Å². The van der Waals surface area contributed by atoms with Crippen molar-refractivity contribution in [2.45, 2.75) is 32.5 Å². The molecule has 0 radical (unpaired) electrons. The maximum absolute atomic E-state index is 10.6. The molecule has 0 aromatic rings. The minimum Gasteiger partial charge on any atom is -0.452 e. The first-order valence-electron chi connectivity index (χ1n) is 4.00. The zero-order chi connectivity index (χ0) is 9.19. The minimum atomic E-state index is -0.280. The summed E-state index contributed by atoms with van der Waals surface area (Å²) >= 11 is 0. The summed E-state index contributed by atoms with van der Waals surface area (Å²) in [4.78, 5) is 10.6. The molecule has 0 saturated carbocycles. The highest BCUT2D eigenvalue weighted by molar-refractivity contribution is 5.84. The van der Waals surface area contributed by atoms with Crippen LogP contribution in [0.3, 0.4) is 0 Å². The lowest BCUT2D eigenvalue weighted by Gasteiger charge is -2.21. The largest absolute Gasteiger partial charge is 0.452 e. The molecule has 0 aromatic heterocycles. The van der Waals surface area contributed by atoms with Gasteiger partial charge in [0.15, 0.2) is 0 Å². The van der Waals surface area contributed by atoms with E-state index in [1.54, 1.807) is 6.08 Å². The lowest BCUT2D eigenvalue weighted by atomic mass is 10.2. The van der Waals surface area contributed by atoms with Gasteiger partial charge in [-0.2, -0.15) is 0 Å². The SMILES string of the molecule is CC(C)(C)OC[C@H]1C=CC(=O)O1. The molecule has 0 amide bonds. The summed E-state index contributed by atoms with van der Waals surface area (Å²) in [5.41, 5.74) is -0.178. The Morgan fingerprint density at radius 2 is 2.25 bits per heavy atom. The van der Waals surface area contributed by atoms with Crippen LogP contribution in [0.1, 0.15) is 20.8 Å². The molecule has 0 fully saturated rings. The molecular formula is C9H14O3. The molecule has 0 spiro atoms. The smallest absolute Gasteiger partial charge is 0.331 e. The number of rotatable bonds is 2. The van der Waals surface area contributed by atoms with E-state index in [4.69, 9.17) is 9.47 Å². The third-order valence-corrected chi connectivity index (χ3v) is 1.40. The fraction of sp³-hybridized carbons (Fsp3) is 0.667. The van der Waals surface area contributed by atoms with E-state index in [9.17, 15) is 4.79 Å².